The summed E-state index contributed by atoms with van der Waals surface area (Å²) in [5.74, 6) is 0.763. The van der Waals surface area contributed by atoms with E-state index in [2.05, 4.69) is 32.6 Å². The zero-order valence-corrected chi connectivity index (χ0v) is 11.5. The van der Waals surface area contributed by atoms with Crippen LogP contribution in [0.4, 0.5) is 0 Å². The molecule has 2 nitrogen and oxygen atoms in total. The van der Waals surface area contributed by atoms with E-state index in [4.69, 9.17) is 0 Å². The zero-order chi connectivity index (χ0) is 12.2. The monoisotopic (exact) mass is 227 g/mol. The second-order valence-electron chi connectivity index (χ2n) is 6.14. The first-order valence-corrected chi connectivity index (χ1v) is 6.89. The van der Waals surface area contributed by atoms with Crippen LogP contribution in [0.5, 0.6) is 0 Å². The number of likely N-dealkylation sites (tertiary alicyclic amines) is 1. The second kappa shape index (κ2) is 6.02. The van der Waals surface area contributed by atoms with Crippen LogP contribution in [0.2, 0.25) is 0 Å². The number of nitrogens with zero attached hydrogens (tertiary/aromatic N) is 1. The molecule has 0 saturated carbocycles. The first kappa shape index (κ1) is 14.0. The Balaban J connectivity index is 2.27. The molecule has 1 saturated heterocycles. The van der Waals surface area contributed by atoms with E-state index in [0.717, 1.165) is 38.3 Å². The summed E-state index contributed by atoms with van der Waals surface area (Å²) in [6.45, 7) is 11.1. The molecule has 0 aliphatic carbocycles. The van der Waals surface area contributed by atoms with Gasteiger partial charge in [-0.05, 0) is 39.0 Å². The first-order valence-electron chi connectivity index (χ1n) is 6.89. The van der Waals surface area contributed by atoms with Crippen LogP contribution in [0, 0.1) is 5.92 Å². The molecule has 0 amide bonds. The highest BCUT2D eigenvalue weighted by Gasteiger charge is 2.32. The minimum Gasteiger partial charge on any atom is -0.390 e. The summed E-state index contributed by atoms with van der Waals surface area (Å²) < 4.78 is 0. The van der Waals surface area contributed by atoms with Gasteiger partial charge in [-0.2, -0.15) is 0 Å². The van der Waals surface area contributed by atoms with Crippen LogP contribution in [0.15, 0.2) is 0 Å². The highest BCUT2D eigenvalue weighted by Crippen LogP contribution is 2.28. The predicted octanol–water partition coefficient (Wildman–Crippen LogP) is 3.05. The number of aliphatic hydroxyl groups is 1. The maximum Gasteiger partial charge on any atom is 0.0672 e. The third-order valence-corrected chi connectivity index (χ3v) is 3.88. The van der Waals surface area contributed by atoms with Crippen LogP contribution in [0.3, 0.4) is 0 Å². The molecule has 0 radical (unpaired) electrons. The highest BCUT2D eigenvalue weighted by molar-refractivity contribution is 4.86. The van der Waals surface area contributed by atoms with Gasteiger partial charge in [0.2, 0.25) is 0 Å². The lowest BCUT2D eigenvalue weighted by atomic mass is 9.85. The van der Waals surface area contributed by atoms with Gasteiger partial charge in [0.1, 0.15) is 0 Å². The van der Waals surface area contributed by atoms with Crippen molar-refractivity contribution in [2.75, 3.05) is 13.1 Å². The lowest BCUT2D eigenvalue weighted by molar-refractivity contribution is -0.0356. The van der Waals surface area contributed by atoms with Crippen molar-refractivity contribution in [3.8, 4) is 0 Å². The second-order valence-corrected chi connectivity index (χ2v) is 6.14. The van der Waals surface area contributed by atoms with E-state index in [1.54, 1.807) is 0 Å². The van der Waals surface area contributed by atoms with Gasteiger partial charge in [0.15, 0.2) is 0 Å². The third kappa shape index (κ3) is 4.42. The summed E-state index contributed by atoms with van der Waals surface area (Å²) in [6, 6.07) is 0.625. The molecule has 1 heterocycles. The summed E-state index contributed by atoms with van der Waals surface area (Å²) in [7, 11) is 0. The maximum atomic E-state index is 10.5. The molecule has 0 unspecified atom stereocenters. The van der Waals surface area contributed by atoms with Gasteiger partial charge in [-0.1, -0.05) is 26.7 Å². The first-order chi connectivity index (χ1) is 7.43. The van der Waals surface area contributed by atoms with E-state index < -0.39 is 0 Å². The predicted molar refractivity (Wildman–Crippen MR) is 69.6 cm³/mol. The van der Waals surface area contributed by atoms with Crippen LogP contribution in [0.25, 0.3) is 0 Å². The van der Waals surface area contributed by atoms with E-state index in [1.165, 1.54) is 12.8 Å². The molecule has 2 heteroatoms. The number of hydrogen-bond donors (Lipinski definition) is 1. The van der Waals surface area contributed by atoms with Crippen LogP contribution < -0.4 is 0 Å². The fraction of sp³-hybridized carbons (Fsp3) is 1.00. The fourth-order valence-corrected chi connectivity index (χ4v) is 2.55. The number of rotatable bonds is 5. The van der Waals surface area contributed by atoms with Crippen LogP contribution in [-0.2, 0) is 0 Å². The van der Waals surface area contributed by atoms with Crippen LogP contribution >= 0.6 is 0 Å². The zero-order valence-electron chi connectivity index (χ0n) is 11.5. The normalized spacial score (nSPS) is 21.9. The minimum atomic E-state index is -0.361. The van der Waals surface area contributed by atoms with E-state index in [-0.39, 0.29) is 5.60 Å². The Kier molecular flexibility index (Phi) is 5.26. The average molecular weight is 227 g/mol. The lowest BCUT2D eigenvalue weighted by Crippen LogP contribution is -2.46. The molecule has 1 aliphatic heterocycles. The quantitative estimate of drug-likeness (QED) is 0.780. The molecule has 16 heavy (non-hydrogen) atoms. The van der Waals surface area contributed by atoms with E-state index in [1.807, 2.05) is 0 Å². The molecule has 0 aromatic heterocycles. The Hall–Kier alpha value is -0.0800. The van der Waals surface area contributed by atoms with Gasteiger partial charge >= 0.3 is 0 Å². The molecule has 0 aromatic carbocycles. The Morgan fingerprint density at radius 3 is 2.12 bits per heavy atom. The fourth-order valence-electron chi connectivity index (χ4n) is 2.55. The smallest absolute Gasteiger partial charge is 0.0672 e. The Morgan fingerprint density at radius 1 is 1.12 bits per heavy atom. The van der Waals surface area contributed by atoms with Crippen molar-refractivity contribution in [1.29, 1.82) is 0 Å². The molecule has 0 atom stereocenters. The molecule has 0 bridgehead atoms. The summed E-state index contributed by atoms with van der Waals surface area (Å²) in [5, 5.41) is 10.5. The SMILES string of the molecule is CC(C)CCCC1(O)CCN(C(C)C)CC1. The van der Waals surface area contributed by atoms with Gasteiger partial charge in [-0.3, -0.25) is 0 Å². The average Bonchev–Trinajstić information content (AvgIpc) is 2.17. The van der Waals surface area contributed by atoms with Crippen molar-refractivity contribution >= 4 is 0 Å². The molecule has 1 rings (SSSR count). The maximum absolute atomic E-state index is 10.5. The minimum absolute atomic E-state index is 0.361. The molecule has 1 N–H and O–H groups in total. The molecule has 1 fully saturated rings. The van der Waals surface area contributed by atoms with Crippen LogP contribution in [-0.4, -0.2) is 34.7 Å². The molecule has 1 aliphatic rings. The molecular weight excluding hydrogens is 198 g/mol. The molecule has 0 aromatic rings. The number of hydrogen-bond acceptors (Lipinski definition) is 2. The van der Waals surface area contributed by atoms with Crippen molar-refractivity contribution in [3.63, 3.8) is 0 Å². The topological polar surface area (TPSA) is 23.5 Å². The molecular formula is C14H29NO. The van der Waals surface area contributed by atoms with Gasteiger partial charge in [-0.15, -0.1) is 0 Å². The van der Waals surface area contributed by atoms with Gasteiger partial charge < -0.3 is 10.0 Å². The Bertz CT molecular complexity index is 187. The summed E-state index contributed by atoms with van der Waals surface area (Å²) in [6.07, 6.45) is 5.34. The van der Waals surface area contributed by atoms with Crippen LogP contribution in [0.1, 0.15) is 59.8 Å². The molecule has 0 spiro atoms. The van der Waals surface area contributed by atoms with Crippen molar-refractivity contribution in [2.45, 2.75) is 71.4 Å². The van der Waals surface area contributed by atoms with Crippen molar-refractivity contribution in [2.24, 2.45) is 5.92 Å². The van der Waals surface area contributed by atoms with E-state index in [0.29, 0.717) is 6.04 Å². The van der Waals surface area contributed by atoms with Gasteiger partial charge in [0, 0.05) is 19.1 Å². The Morgan fingerprint density at radius 2 is 1.69 bits per heavy atom. The van der Waals surface area contributed by atoms with Crippen molar-refractivity contribution < 1.29 is 5.11 Å². The Labute approximate surface area is 101 Å². The molecule has 96 valence electrons. The van der Waals surface area contributed by atoms with Gasteiger partial charge in [0.05, 0.1) is 5.60 Å². The highest BCUT2D eigenvalue weighted by atomic mass is 16.3. The van der Waals surface area contributed by atoms with Gasteiger partial charge in [0.25, 0.3) is 0 Å². The van der Waals surface area contributed by atoms with Crippen molar-refractivity contribution in [3.05, 3.63) is 0 Å². The summed E-state index contributed by atoms with van der Waals surface area (Å²) in [4.78, 5) is 2.47. The lowest BCUT2D eigenvalue weighted by Gasteiger charge is -2.40. The van der Waals surface area contributed by atoms with Crippen molar-refractivity contribution in [1.82, 2.24) is 4.90 Å². The summed E-state index contributed by atoms with van der Waals surface area (Å²) >= 11 is 0. The number of piperidine rings is 1. The largest absolute Gasteiger partial charge is 0.390 e. The van der Waals surface area contributed by atoms with E-state index >= 15 is 0 Å². The third-order valence-electron chi connectivity index (χ3n) is 3.88. The van der Waals surface area contributed by atoms with E-state index in [9.17, 15) is 5.11 Å². The summed E-state index contributed by atoms with van der Waals surface area (Å²) in [5.41, 5.74) is -0.361. The van der Waals surface area contributed by atoms with Gasteiger partial charge in [-0.25, -0.2) is 0 Å². The standard InChI is InChI=1S/C14H29NO/c1-12(2)6-5-7-14(16)8-10-15(11-9-14)13(3)4/h12-13,16H,5-11H2,1-4H3.